The van der Waals surface area contributed by atoms with E-state index in [1.807, 2.05) is 27.7 Å². The van der Waals surface area contributed by atoms with Crippen molar-refractivity contribution in [2.45, 2.75) is 56.7 Å². The zero-order valence-corrected chi connectivity index (χ0v) is 16.1. The summed E-state index contributed by atoms with van der Waals surface area (Å²) in [6.45, 7) is 8.14. The lowest BCUT2D eigenvalue weighted by atomic mass is 10.1. The fourth-order valence-electron chi connectivity index (χ4n) is 2.93. The molecule has 2 aromatic carbocycles. The number of benzene rings is 2. The molecule has 5 heteroatoms. The predicted octanol–water partition coefficient (Wildman–Crippen LogP) is 4.31. The standard InChI is InChI=1S/C20H26O4S/c1-5-14-13-20(16(7-3)12-18(14)21)25(22,23)19-10-9-17(24-8-4)11-15(19)6-2/h9-13,21H,5-8H2,1-4H3. The van der Waals surface area contributed by atoms with E-state index < -0.39 is 9.84 Å². The highest BCUT2D eigenvalue weighted by Crippen LogP contribution is 2.33. The van der Waals surface area contributed by atoms with Crippen LogP contribution in [0.25, 0.3) is 0 Å². The van der Waals surface area contributed by atoms with E-state index in [-0.39, 0.29) is 10.6 Å². The summed E-state index contributed by atoms with van der Waals surface area (Å²) in [4.78, 5) is 0.587. The Morgan fingerprint density at radius 2 is 1.44 bits per heavy atom. The van der Waals surface area contributed by atoms with Crippen molar-refractivity contribution in [1.29, 1.82) is 0 Å². The third kappa shape index (κ3) is 3.82. The highest BCUT2D eigenvalue weighted by molar-refractivity contribution is 7.91. The van der Waals surface area contributed by atoms with Gasteiger partial charge in [0.05, 0.1) is 16.4 Å². The molecule has 0 radical (unpaired) electrons. The molecule has 0 aliphatic carbocycles. The number of hydrogen-bond donors (Lipinski definition) is 1. The number of hydrogen-bond acceptors (Lipinski definition) is 4. The molecule has 0 fully saturated rings. The molecule has 0 bridgehead atoms. The Morgan fingerprint density at radius 3 is 2.00 bits per heavy atom. The summed E-state index contributed by atoms with van der Waals surface area (Å²) in [7, 11) is -3.67. The molecule has 0 saturated carbocycles. The van der Waals surface area contributed by atoms with Crippen molar-refractivity contribution >= 4 is 9.84 Å². The molecular weight excluding hydrogens is 336 g/mol. The van der Waals surface area contributed by atoms with E-state index in [4.69, 9.17) is 4.74 Å². The van der Waals surface area contributed by atoms with Gasteiger partial charge in [-0.15, -0.1) is 0 Å². The highest BCUT2D eigenvalue weighted by Gasteiger charge is 2.25. The molecule has 0 saturated heterocycles. The molecule has 0 unspecified atom stereocenters. The first-order valence-electron chi connectivity index (χ1n) is 8.74. The summed E-state index contributed by atoms with van der Waals surface area (Å²) >= 11 is 0. The summed E-state index contributed by atoms with van der Waals surface area (Å²) in [5.41, 5.74) is 2.00. The number of aryl methyl sites for hydroxylation is 3. The van der Waals surface area contributed by atoms with Crippen molar-refractivity contribution in [2.75, 3.05) is 6.61 Å². The van der Waals surface area contributed by atoms with Crippen molar-refractivity contribution in [3.8, 4) is 11.5 Å². The molecular formula is C20H26O4S. The first-order valence-corrected chi connectivity index (χ1v) is 10.2. The predicted molar refractivity (Wildman–Crippen MR) is 99.3 cm³/mol. The lowest BCUT2D eigenvalue weighted by Crippen LogP contribution is -2.09. The normalized spacial score (nSPS) is 11.5. The number of phenolic OH excluding ortho intramolecular Hbond substituents is 1. The second-order valence-corrected chi connectivity index (χ2v) is 7.74. The van der Waals surface area contributed by atoms with Crippen LogP contribution in [0.3, 0.4) is 0 Å². The van der Waals surface area contributed by atoms with Crippen LogP contribution in [-0.4, -0.2) is 20.1 Å². The minimum atomic E-state index is -3.67. The molecule has 25 heavy (non-hydrogen) atoms. The van der Waals surface area contributed by atoms with Gasteiger partial charge in [0.15, 0.2) is 0 Å². The molecule has 2 aromatic rings. The van der Waals surface area contributed by atoms with Crippen LogP contribution < -0.4 is 4.74 Å². The number of rotatable bonds is 7. The molecule has 1 N–H and O–H groups in total. The van der Waals surface area contributed by atoms with Crippen LogP contribution in [0.2, 0.25) is 0 Å². The van der Waals surface area contributed by atoms with Crippen LogP contribution in [0.15, 0.2) is 40.1 Å². The summed E-state index contributed by atoms with van der Waals surface area (Å²) in [5, 5.41) is 10.1. The first kappa shape index (κ1) is 19.3. The summed E-state index contributed by atoms with van der Waals surface area (Å²) in [6.07, 6.45) is 1.70. The largest absolute Gasteiger partial charge is 0.508 e. The number of ether oxygens (including phenoxy) is 1. The second-order valence-electron chi connectivity index (χ2n) is 5.86. The van der Waals surface area contributed by atoms with E-state index in [1.165, 1.54) is 0 Å². The molecule has 136 valence electrons. The van der Waals surface area contributed by atoms with Gasteiger partial charge in [-0.3, -0.25) is 0 Å². The first-order chi connectivity index (χ1) is 11.9. The van der Waals surface area contributed by atoms with Gasteiger partial charge < -0.3 is 9.84 Å². The Balaban J connectivity index is 2.67. The van der Waals surface area contributed by atoms with Crippen molar-refractivity contribution in [3.63, 3.8) is 0 Å². The molecule has 2 rings (SSSR count). The Labute approximate surface area is 150 Å². The van der Waals surface area contributed by atoms with Gasteiger partial charge in [-0.1, -0.05) is 20.8 Å². The number of sulfone groups is 1. The van der Waals surface area contributed by atoms with Crippen LogP contribution in [0, 0.1) is 0 Å². The van der Waals surface area contributed by atoms with Gasteiger partial charge >= 0.3 is 0 Å². The molecule has 0 amide bonds. The van der Waals surface area contributed by atoms with Crippen LogP contribution in [-0.2, 0) is 29.1 Å². The lowest BCUT2D eigenvalue weighted by Gasteiger charge is -2.16. The number of aromatic hydroxyl groups is 1. The van der Waals surface area contributed by atoms with E-state index in [0.29, 0.717) is 47.6 Å². The fraction of sp³-hybridized carbons (Fsp3) is 0.400. The molecule has 0 aromatic heterocycles. The van der Waals surface area contributed by atoms with Gasteiger partial charge in [-0.05, 0) is 73.2 Å². The van der Waals surface area contributed by atoms with E-state index in [2.05, 4.69) is 0 Å². The zero-order valence-electron chi connectivity index (χ0n) is 15.3. The topological polar surface area (TPSA) is 63.6 Å². The van der Waals surface area contributed by atoms with Gasteiger partial charge in [0, 0.05) is 0 Å². The van der Waals surface area contributed by atoms with Crippen molar-refractivity contribution < 1.29 is 18.3 Å². The summed E-state index contributed by atoms with van der Waals surface area (Å²) < 4.78 is 32.1. The Kier molecular flexibility index (Phi) is 6.11. The minimum Gasteiger partial charge on any atom is -0.508 e. The van der Waals surface area contributed by atoms with Crippen LogP contribution in [0.5, 0.6) is 11.5 Å². The summed E-state index contributed by atoms with van der Waals surface area (Å²) in [5.74, 6) is 0.828. The van der Waals surface area contributed by atoms with E-state index >= 15 is 0 Å². The van der Waals surface area contributed by atoms with E-state index in [0.717, 1.165) is 5.56 Å². The Hall–Kier alpha value is -2.01. The monoisotopic (exact) mass is 362 g/mol. The van der Waals surface area contributed by atoms with Crippen molar-refractivity contribution in [2.24, 2.45) is 0 Å². The summed E-state index contributed by atoms with van der Waals surface area (Å²) in [6, 6.07) is 8.30. The van der Waals surface area contributed by atoms with Gasteiger partial charge in [-0.2, -0.15) is 0 Å². The molecule has 0 spiro atoms. The smallest absolute Gasteiger partial charge is 0.207 e. The van der Waals surface area contributed by atoms with Crippen molar-refractivity contribution in [1.82, 2.24) is 0 Å². The molecule has 0 atom stereocenters. The van der Waals surface area contributed by atoms with Crippen LogP contribution in [0.1, 0.15) is 44.4 Å². The maximum atomic E-state index is 13.3. The Bertz CT molecular complexity index is 854. The average Bonchev–Trinajstić information content (AvgIpc) is 2.61. The lowest BCUT2D eigenvalue weighted by molar-refractivity contribution is 0.339. The van der Waals surface area contributed by atoms with E-state index in [9.17, 15) is 13.5 Å². The molecule has 0 heterocycles. The molecule has 4 nitrogen and oxygen atoms in total. The van der Waals surface area contributed by atoms with Gasteiger partial charge in [0.2, 0.25) is 9.84 Å². The Morgan fingerprint density at radius 1 is 0.840 bits per heavy atom. The third-order valence-electron chi connectivity index (χ3n) is 4.33. The number of phenols is 1. The fourth-order valence-corrected chi connectivity index (χ4v) is 4.81. The maximum absolute atomic E-state index is 13.3. The molecule has 0 aliphatic heterocycles. The van der Waals surface area contributed by atoms with Crippen LogP contribution >= 0.6 is 0 Å². The van der Waals surface area contributed by atoms with Gasteiger partial charge in [0.1, 0.15) is 11.5 Å². The second kappa shape index (κ2) is 7.91. The average molecular weight is 362 g/mol. The third-order valence-corrected chi connectivity index (χ3v) is 6.26. The van der Waals surface area contributed by atoms with Gasteiger partial charge in [0.25, 0.3) is 0 Å². The SMILES string of the molecule is CCOc1ccc(S(=O)(=O)c2cc(CC)c(O)cc2CC)c(CC)c1. The maximum Gasteiger partial charge on any atom is 0.207 e. The van der Waals surface area contributed by atoms with E-state index in [1.54, 1.807) is 30.3 Å². The van der Waals surface area contributed by atoms with Gasteiger partial charge in [-0.25, -0.2) is 8.42 Å². The quantitative estimate of drug-likeness (QED) is 0.797. The zero-order chi connectivity index (χ0) is 18.6. The van der Waals surface area contributed by atoms with Crippen LogP contribution in [0.4, 0.5) is 0 Å². The minimum absolute atomic E-state index is 0.153. The highest BCUT2D eigenvalue weighted by atomic mass is 32.2. The molecule has 0 aliphatic rings. The van der Waals surface area contributed by atoms with Crippen molar-refractivity contribution in [3.05, 3.63) is 47.0 Å².